The molecule has 0 aromatic heterocycles. The van der Waals surface area contributed by atoms with Gasteiger partial charge in [-0.25, -0.2) is 0 Å². The molecule has 1 heterocycles. The van der Waals surface area contributed by atoms with E-state index in [0.717, 1.165) is 17.9 Å². The fraction of sp³-hybridized carbons (Fsp3) is 1.00. The minimum absolute atomic E-state index is 0.384. The molecular weight excluding hydrogens is 220 g/mol. The van der Waals surface area contributed by atoms with Crippen LogP contribution < -0.4 is 5.32 Å². The third-order valence-corrected chi connectivity index (χ3v) is 5.31. The molecular formula is C16H32N2. The van der Waals surface area contributed by atoms with Gasteiger partial charge >= 0.3 is 0 Å². The van der Waals surface area contributed by atoms with E-state index in [-0.39, 0.29) is 0 Å². The van der Waals surface area contributed by atoms with E-state index in [4.69, 9.17) is 0 Å². The van der Waals surface area contributed by atoms with Crippen molar-refractivity contribution in [2.45, 2.75) is 71.4 Å². The molecule has 2 rings (SSSR count). The standard InChI is InChI=1S/C16H32N2/c1-5-16(6-2)12-18(10-9-14-7-8-14)15(11-17-16)13(3)4/h13-15,17H,5-12H2,1-4H3. The molecule has 0 aromatic rings. The lowest BCUT2D eigenvalue weighted by atomic mass is 9.86. The van der Waals surface area contributed by atoms with E-state index in [1.54, 1.807) is 0 Å². The van der Waals surface area contributed by atoms with Crippen LogP contribution in [0.3, 0.4) is 0 Å². The molecule has 0 aromatic carbocycles. The zero-order valence-corrected chi connectivity index (χ0v) is 12.8. The van der Waals surface area contributed by atoms with E-state index in [1.807, 2.05) is 0 Å². The van der Waals surface area contributed by atoms with Gasteiger partial charge in [0.2, 0.25) is 0 Å². The number of hydrogen-bond donors (Lipinski definition) is 1. The summed E-state index contributed by atoms with van der Waals surface area (Å²) in [6, 6.07) is 0.745. The molecule has 2 fully saturated rings. The van der Waals surface area contributed by atoms with Crippen molar-refractivity contribution >= 4 is 0 Å². The first-order valence-electron chi connectivity index (χ1n) is 8.09. The van der Waals surface area contributed by atoms with Crippen molar-refractivity contribution in [3.8, 4) is 0 Å². The summed E-state index contributed by atoms with van der Waals surface area (Å²) in [7, 11) is 0. The van der Waals surface area contributed by atoms with Crippen molar-refractivity contribution in [3.63, 3.8) is 0 Å². The van der Waals surface area contributed by atoms with Gasteiger partial charge in [0, 0.05) is 24.7 Å². The normalized spacial score (nSPS) is 28.8. The van der Waals surface area contributed by atoms with Gasteiger partial charge in [0.05, 0.1) is 0 Å². The molecule has 2 aliphatic rings. The minimum atomic E-state index is 0.384. The van der Waals surface area contributed by atoms with Gasteiger partial charge in [-0.1, -0.05) is 40.5 Å². The quantitative estimate of drug-likeness (QED) is 0.780. The van der Waals surface area contributed by atoms with Crippen LogP contribution in [0.4, 0.5) is 0 Å². The molecule has 2 heteroatoms. The van der Waals surface area contributed by atoms with Crippen molar-refractivity contribution in [3.05, 3.63) is 0 Å². The molecule has 1 N–H and O–H groups in total. The average molecular weight is 252 g/mol. The molecule has 18 heavy (non-hydrogen) atoms. The summed E-state index contributed by atoms with van der Waals surface area (Å²) in [5.41, 5.74) is 0.384. The van der Waals surface area contributed by atoms with Gasteiger partial charge in [0.25, 0.3) is 0 Å². The molecule has 106 valence electrons. The minimum Gasteiger partial charge on any atom is -0.308 e. The van der Waals surface area contributed by atoms with Gasteiger partial charge in [-0.05, 0) is 37.6 Å². The Bertz CT molecular complexity index is 254. The molecule has 0 bridgehead atoms. The van der Waals surface area contributed by atoms with Gasteiger partial charge in [0.15, 0.2) is 0 Å². The van der Waals surface area contributed by atoms with Crippen LogP contribution in [0.25, 0.3) is 0 Å². The molecule has 1 aliphatic carbocycles. The molecule has 0 radical (unpaired) electrons. The third kappa shape index (κ3) is 3.27. The molecule has 0 amide bonds. The highest BCUT2D eigenvalue weighted by Crippen LogP contribution is 2.34. The summed E-state index contributed by atoms with van der Waals surface area (Å²) in [5.74, 6) is 1.83. The summed E-state index contributed by atoms with van der Waals surface area (Å²) in [6.07, 6.45) is 6.94. The Kier molecular flexibility index (Phi) is 4.71. The van der Waals surface area contributed by atoms with Gasteiger partial charge in [-0.2, -0.15) is 0 Å². The number of hydrogen-bond acceptors (Lipinski definition) is 2. The smallest absolute Gasteiger partial charge is 0.0304 e. The number of nitrogens with zero attached hydrogens (tertiary/aromatic N) is 1. The Balaban J connectivity index is 1.97. The maximum Gasteiger partial charge on any atom is 0.0304 e. The Morgan fingerprint density at radius 2 is 1.89 bits per heavy atom. The first-order chi connectivity index (χ1) is 8.60. The van der Waals surface area contributed by atoms with Crippen molar-refractivity contribution in [1.82, 2.24) is 10.2 Å². The lowest BCUT2D eigenvalue weighted by molar-refractivity contribution is 0.0485. The van der Waals surface area contributed by atoms with E-state index in [0.29, 0.717) is 5.54 Å². The van der Waals surface area contributed by atoms with Gasteiger partial charge in [0.1, 0.15) is 0 Å². The first kappa shape index (κ1) is 14.3. The fourth-order valence-corrected chi connectivity index (χ4v) is 3.39. The topological polar surface area (TPSA) is 15.3 Å². The molecule has 1 unspecified atom stereocenters. The summed E-state index contributed by atoms with van der Waals surface area (Å²) in [6.45, 7) is 13.2. The second-order valence-electron chi connectivity index (χ2n) is 6.88. The summed E-state index contributed by atoms with van der Waals surface area (Å²) < 4.78 is 0. The van der Waals surface area contributed by atoms with Crippen molar-refractivity contribution in [2.75, 3.05) is 19.6 Å². The van der Waals surface area contributed by atoms with Crippen molar-refractivity contribution < 1.29 is 0 Å². The van der Waals surface area contributed by atoms with Crippen LogP contribution in [-0.4, -0.2) is 36.1 Å². The van der Waals surface area contributed by atoms with Crippen LogP contribution in [0, 0.1) is 11.8 Å². The van der Waals surface area contributed by atoms with Crippen LogP contribution in [0.5, 0.6) is 0 Å². The molecule has 1 saturated carbocycles. The Labute approximate surface area is 114 Å². The van der Waals surface area contributed by atoms with E-state index in [2.05, 4.69) is 37.9 Å². The molecule has 0 spiro atoms. The number of nitrogens with one attached hydrogen (secondary N) is 1. The second kappa shape index (κ2) is 5.92. The second-order valence-corrected chi connectivity index (χ2v) is 6.88. The van der Waals surface area contributed by atoms with E-state index >= 15 is 0 Å². The Morgan fingerprint density at radius 1 is 1.22 bits per heavy atom. The fourth-order valence-electron chi connectivity index (χ4n) is 3.39. The van der Waals surface area contributed by atoms with Gasteiger partial charge < -0.3 is 5.32 Å². The van der Waals surface area contributed by atoms with Crippen LogP contribution in [0.15, 0.2) is 0 Å². The van der Waals surface area contributed by atoms with Crippen LogP contribution in [0.1, 0.15) is 59.8 Å². The lowest BCUT2D eigenvalue weighted by Gasteiger charge is -2.49. The molecule has 1 aliphatic heterocycles. The maximum absolute atomic E-state index is 3.85. The Morgan fingerprint density at radius 3 is 2.39 bits per heavy atom. The van der Waals surface area contributed by atoms with Crippen LogP contribution >= 0.6 is 0 Å². The van der Waals surface area contributed by atoms with Crippen molar-refractivity contribution in [2.24, 2.45) is 11.8 Å². The molecule has 1 saturated heterocycles. The Hall–Kier alpha value is -0.0800. The van der Waals surface area contributed by atoms with E-state index < -0.39 is 0 Å². The largest absolute Gasteiger partial charge is 0.308 e. The van der Waals surface area contributed by atoms with Gasteiger partial charge in [-0.3, -0.25) is 4.90 Å². The SMILES string of the molecule is CCC1(CC)CN(CCC2CC2)C(C(C)C)CN1. The third-order valence-electron chi connectivity index (χ3n) is 5.31. The van der Waals surface area contributed by atoms with Crippen molar-refractivity contribution in [1.29, 1.82) is 0 Å². The maximum atomic E-state index is 3.85. The summed E-state index contributed by atoms with van der Waals surface area (Å²) in [5, 5.41) is 3.85. The average Bonchev–Trinajstić information content (AvgIpc) is 3.19. The van der Waals surface area contributed by atoms with Crippen LogP contribution in [-0.2, 0) is 0 Å². The highest BCUT2D eigenvalue weighted by Gasteiger charge is 2.38. The molecule has 1 atom stereocenters. The first-order valence-corrected chi connectivity index (χ1v) is 8.09. The summed E-state index contributed by atoms with van der Waals surface area (Å²) >= 11 is 0. The number of rotatable bonds is 6. The van der Waals surface area contributed by atoms with Gasteiger partial charge in [-0.15, -0.1) is 0 Å². The van der Waals surface area contributed by atoms with E-state index in [9.17, 15) is 0 Å². The monoisotopic (exact) mass is 252 g/mol. The molecule has 2 nitrogen and oxygen atoms in total. The van der Waals surface area contributed by atoms with Crippen LogP contribution in [0.2, 0.25) is 0 Å². The lowest BCUT2D eigenvalue weighted by Crippen LogP contribution is -2.65. The predicted molar refractivity (Wildman–Crippen MR) is 78.9 cm³/mol. The van der Waals surface area contributed by atoms with E-state index in [1.165, 1.54) is 51.7 Å². The highest BCUT2D eigenvalue weighted by molar-refractivity contribution is 4.97. The zero-order chi connectivity index (χ0) is 13.2. The zero-order valence-electron chi connectivity index (χ0n) is 12.8. The predicted octanol–water partition coefficient (Wildman–Crippen LogP) is 3.28. The highest BCUT2D eigenvalue weighted by atomic mass is 15.3. The summed E-state index contributed by atoms with van der Waals surface area (Å²) in [4.78, 5) is 2.80. The number of piperazine rings is 1.